The maximum Gasteiger partial charge on any atom is 0.255 e. The zero-order valence-electron chi connectivity index (χ0n) is 10.7. The number of carbonyl (C=O) groups excluding carboxylic acids is 1. The van der Waals surface area contributed by atoms with Crippen LogP contribution in [0, 0.1) is 0 Å². The number of hydrogen-bond acceptors (Lipinski definition) is 3. The van der Waals surface area contributed by atoms with E-state index in [0.717, 1.165) is 5.52 Å². The van der Waals surface area contributed by atoms with Crippen LogP contribution >= 0.6 is 0 Å². The lowest BCUT2D eigenvalue weighted by atomic mass is 9.98. The SMILES string of the molecule is CC(O)C(C)(C)NC(=O)c1cnn2ccccc12. The van der Waals surface area contributed by atoms with E-state index in [1.165, 1.54) is 6.20 Å². The zero-order valence-corrected chi connectivity index (χ0v) is 10.7. The van der Waals surface area contributed by atoms with E-state index < -0.39 is 11.6 Å². The third-order valence-electron chi connectivity index (χ3n) is 3.15. The number of fused-ring (bicyclic) bond motifs is 1. The van der Waals surface area contributed by atoms with Gasteiger partial charge in [0.2, 0.25) is 0 Å². The Hall–Kier alpha value is -1.88. The van der Waals surface area contributed by atoms with Crippen LogP contribution in [0.1, 0.15) is 31.1 Å². The highest BCUT2D eigenvalue weighted by Crippen LogP contribution is 2.13. The number of nitrogens with zero attached hydrogens (tertiary/aromatic N) is 2. The predicted molar refractivity (Wildman–Crippen MR) is 68.4 cm³/mol. The molecular formula is C13H17N3O2. The van der Waals surface area contributed by atoms with Gasteiger partial charge in [-0.15, -0.1) is 0 Å². The van der Waals surface area contributed by atoms with Crippen molar-refractivity contribution in [1.29, 1.82) is 0 Å². The number of aromatic nitrogens is 2. The molecule has 2 aromatic rings. The number of aliphatic hydroxyl groups is 1. The Balaban J connectivity index is 2.30. The zero-order chi connectivity index (χ0) is 13.3. The molecule has 0 fully saturated rings. The Labute approximate surface area is 105 Å². The molecule has 2 N–H and O–H groups in total. The number of pyridine rings is 1. The molecule has 0 aromatic carbocycles. The smallest absolute Gasteiger partial charge is 0.255 e. The first-order chi connectivity index (χ1) is 8.42. The molecule has 1 atom stereocenters. The molecule has 0 bridgehead atoms. The molecule has 2 rings (SSSR count). The van der Waals surface area contributed by atoms with Gasteiger partial charge in [0.15, 0.2) is 0 Å². The second-order valence-corrected chi connectivity index (χ2v) is 4.94. The molecular weight excluding hydrogens is 230 g/mol. The highest BCUT2D eigenvalue weighted by atomic mass is 16.3. The summed E-state index contributed by atoms with van der Waals surface area (Å²) in [6, 6.07) is 5.53. The lowest BCUT2D eigenvalue weighted by Crippen LogP contribution is -2.50. The minimum atomic E-state index is -0.680. The van der Waals surface area contributed by atoms with Crippen molar-refractivity contribution in [1.82, 2.24) is 14.9 Å². The Bertz CT molecular complexity index is 572. The van der Waals surface area contributed by atoms with Gasteiger partial charge in [-0.1, -0.05) is 6.07 Å². The average Bonchev–Trinajstić information content (AvgIpc) is 2.71. The normalized spacial score (nSPS) is 13.6. The number of amides is 1. The van der Waals surface area contributed by atoms with Gasteiger partial charge in [-0.2, -0.15) is 5.10 Å². The summed E-state index contributed by atoms with van der Waals surface area (Å²) in [5.41, 5.74) is 0.570. The van der Waals surface area contributed by atoms with E-state index in [1.54, 1.807) is 31.5 Å². The van der Waals surface area contributed by atoms with Crippen molar-refractivity contribution in [3.05, 3.63) is 36.2 Å². The molecule has 0 aliphatic carbocycles. The molecule has 0 spiro atoms. The van der Waals surface area contributed by atoms with Crippen molar-refractivity contribution < 1.29 is 9.90 Å². The first-order valence-electron chi connectivity index (χ1n) is 5.85. The van der Waals surface area contributed by atoms with Crippen LogP contribution in [0.2, 0.25) is 0 Å². The molecule has 0 aliphatic rings. The van der Waals surface area contributed by atoms with Crippen LogP contribution in [0.5, 0.6) is 0 Å². The molecule has 5 nitrogen and oxygen atoms in total. The number of hydrogen-bond donors (Lipinski definition) is 2. The van der Waals surface area contributed by atoms with Gasteiger partial charge in [0, 0.05) is 6.20 Å². The van der Waals surface area contributed by atoms with Crippen LogP contribution in [-0.2, 0) is 0 Å². The van der Waals surface area contributed by atoms with Crippen molar-refractivity contribution >= 4 is 11.4 Å². The average molecular weight is 247 g/mol. The molecule has 0 saturated carbocycles. The van der Waals surface area contributed by atoms with E-state index in [1.807, 2.05) is 18.2 Å². The van der Waals surface area contributed by atoms with Gasteiger partial charge < -0.3 is 10.4 Å². The Morgan fingerprint density at radius 3 is 2.89 bits per heavy atom. The molecule has 0 aliphatic heterocycles. The first kappa shape index (κ1) is 12.6. The van der Waals surface area contributed by atoms with E-state index in [4.69, 9.17) is 0 Å². The summed E-state index contributed by atoms with van der Waals surface area (Å²) in [6.45, 7) is 5.21. The molecule has 1 unspecified atom stereocenters. The molecule has 96 valence electrons. The third kappa shape index (κ3) is 2.22. The van der Waals surface area contributed by atoms with Gasteiger partial charge in [0.05, 0.1) is 28.9 Å². The quantitative estimate of drug-likeness (QED) is 0.857. The summed E-state index contributed by atoms with van der Waals surface area (Å²) in [7, 11) is 0. The summed E-state index contributed by atoms with van der Waals surface area (Å²) in [4.78, 5) is 12.2. The predicted octanol–water partition coefficient (Wildman–Crippen LogP) is 1.22. The maximum atomic E-state index is 12.2. The highest BCUT2D eigenvalue weighted by molar-refractivity contribution is 6.00. The molecule has 2 aromatic heterocycles. The summed E-state index contributed by atoms with van der Waals surface area (Å²) in [5, 5.41) is 16.5. The lowest BCUT2D eigenvalue weighted by Gasteiger charge is -2.29. The molecule has 0 saturated heterocycles. The fourth-order valence-electron chi connectivity index (χ4n) is 1.57. The van der Waals surface area contributed by atoms with E-state index in [2.05, 4.69) is 10.4 Å². The number of carbonyl (C=O) groups is 1. The van der Waals surface area contributed by atoms with Crippen LogP contribution in [0.25, 0.3) is 5.52 Å². The molecule has 5 heteroatoms. The molecule has 18 heavy (non-hydrogen) atoms. The van der Waals surface area contributed by atoms with Crippen molar-refractivity contribution in [2.75, 3.05) is 0 Å². The van der Waals surface area contributed by atoms with E-state index in [0.29, 0.717) is 5.56 Å². The minimum Gasteiger partial charge on any atom is -0.391 e. The van der Waals surface area contributed by atoms with Crippen molar-refractivity contribution in [2.24, 2.45) is 0 Å². The van der Waals surface area contributed by atoms with E-state index >= 15 is 0 Å². The van der Waals surface area contributed by atoms with Crippen LogP contribution in [0.4, 0.5) is 0 Å². The van der Waals surface area contributed by atoms with Crippen LogP contribution in [0.3, 0.4) is 0 Å². The van der Waals surface area contributed by atoms with Gasteiger partial charge in [-0.05, 0) is 32.9 Å². The van der Waals surface area contributed by atoms with Crippen LogP contribution in [-0.4, -0.2) is 32.3 Å². The maximum absolute atomic E-state index is 12.2. The van der Waals surface area contributed by atoms with Gasteiger partial charge in [0.25, 0.3) is 5.91 Å². The summed E-state index contributed by atoms with van der Waals surface area (Å²) < 4.78 is 1.64. The second-order valence-electron chi connectivity index (χ2n) is 4.94. The number of nitrogens with one attached hydrogen (secondary N) is 1. The number of aliphatic hydroxyl groups excluding tert-OH is 1. The third-order valence-corrected chi connectivity index (χ3v) is 3.15. The number of rotatable bonds is 3. The summed E-state index contributed by atoms with van der Waals surface area (Å²) >= 11 is 0. The van der Waals surface area contributed by atoms with Gasteiger partial charge in [-0.25, -0.2) is 4.52 Å². The fraction of sp³-hybridized carbons (Fsp3) is 0.385. The minimum absolute atomic E-state index is 0.234. The Kier molecular flexibility index (Phi) is 3.09. The topological polar surface area (TPSA) is 66.6 Å². The highest BCUT2D eigenvalue weighted by Gasteiger charge is 2.27. The van der Waals surface area contributed by atoms with E-state index in [-0.39, 0.29) is 5.91 Å². The first-order valence-corrected chi connectivity index (χ1v) is 5.85. The summed E-state index contributed by atoms with van der Waals surface area (Å²) in [5.74, 6) is -0.234. The largest absolute Gasteiger partial charge is 0.391 e. The summed E-state index contributed by atoms with van der Waals surface area (Å²) in [6.07, 6.45) is 2.68. The lowest BCUT2D eigenvalue weighted by molar-refractivity contribution is 0.0710. The second kappa shape index (κ2) is 4.42. The van der Waals surface area contributed by atoms with Crippen LogP contribution in [0.15, 0.2) is 30.6 Å². The Morgan fingerprint density at radius 1 is 1.50 bits per heavy atom. The monoisotopic (exact) mass is 247 g/mol. The molecule has 0 radical (unpaired) electrons. The van der Waals surface area contributed by atoms with Crippen molar-refractivity contribution in [3.63, 3.8) is 0 Å². The Morgan fingerprint density at radius 2 is 2.22 bits per heavy atom. The van der Waals surface area contributed by atoms with Gasteiger partial charge in [0.1, 0.15) is 0 Å². The molecule has 2 heterocycles. The molecule has 1 amide bonds. The van der Waals surface area contributed by atoms with Crippen LogP contribution < -0.4 is 5.32 Å². The van der Waals surface area contributed by atoms with Gasteiger partial charge in [-0.3, -0.25) is 4.79 Å². The van der Waals surface area contributed by atoms with E-state index in [9.17, 15) is 9.90 Å². The van der Waals surface area contributed by atoms with Crippen molar-refractivity contribution in [2.45, 2.75) is 32.4 Å². The standard InChI is InChI=1S/C13H17N3O2/c1-9(17)13(2,3)15-12(18)10-8-14-16-7-5-4-6-11(10)16/h4-9,17H,1-3H3,(H,15,18). The van der Waals surface area contributed by atoms with Gasteiger partial charge >= 0.3 is 0 Å². The van der Waals surface area contributed by atoms with Crippen molar-refractivity contribution in [3.8, 4) is 0 Å². The fourth-order valence-corrected chi connectivity index (χ4v) is 1.57.